The molecule has 0 saturated carbocycles. The number of morpholine rings is 1. The predicted octanol–water partition coefficient (Wildman–Crippen LogP) is 5.57. The monoisotopic (exact) mass is 501 g/mol. The van der Waals surface area contributed by atoms with E-state index in [1.54, 1.807) is 29.8 Å². The predicted molar refractivity (Wildman–Crippen MR) is 129 cm³/mol. The Kier molecular flexibility index (Phi) is 5.97. The van der Waals surface area contributed by atoms with Crippen molar-refractivity contribution >= 4 is 39.1 Å². The molecule has 2 aromatic heterocycles. The van der Waals surface area contributed by atoms with Gasteiger partial charge in [0.15, 0.2) is 5.13 Å². The Morgan fingerprint density at radius 1 is 1.20 bits per heavy atom. The molecule has 2 aromatic carbocycles. The minimum Gasteiger partial charge on any atom is -0.372 e. The van der Waals surface area contributed by atoms with Crippen molar-refractivity contribution in [2.45, 2.75) is 32.2 Å². The lowest BCUT2D eigenvalue weighted by molar-refractivity contribution is -0.137. The van der Waals surface area contributed by atoms with E-state index in [-0.39, 0.29) is 34.7 Å². The number of benzene rings is 2. The summed E-state index contributed by atoms with van der Waals surface area (Å²) in [6.45, 7) is 5.00. The molecule has 1 saturated heterocycles. The minimum absolute atomic E-state index is 0.0398. The molecule has 1 aliphatic heterocycles. The third-order valence-corrected chi connectivity index (χ3v) is 6.45. The zero-order valence-corrected chi connectivity index (χ0v) is 19.7. The number of alkyl halides is 3. The van der Waals surface area contributed by atoms with Crippen molar-refractivity contribution < 1.29 is 22.7 Å². The lowest BCUT2D eigenvalue weighted by Gasteiger charge is -2.37. The van der Waals surface area contributed by atoms with Crippen LogP contribution in [0.1, 0.15) is 29.8 Å². The topological polar surface area (TPSA) is 83.1 Å². The highest BCUT2D eigenvalue weighted by molar-refractivity contribution is 7.13. The highest BCUT2D eigenvalue weighted by Crippen LogP contribution is 2.39. The van der Waals surface area contributed by atoms with Crippen molar-refractivity contribution in [1.29, 1.82) is 0 Å². The number of anilines is 2. The van der Waals surface area contributed by atoms with Gasteiger partial charge in [-0.3, -0.25) is 10.1 Å². The van der Waals surface area contributed by atoms with Gasteiger partial charge in [0.2, 0.25) is 0 Å². The van der Waals surface area contributed by atoms with E-state index >= 15 is 0 Å². The van der Waals surface area contributed by atoms with E-state index in [2.05, 4.69) is 20.3 Å². The van der Waals surface area contributed by atoms with Gasteiger partial charge in [0, 0.05) is 35.9 Å². The normalized spacial score (nSPS) is 18.7. The van der Waals surface area contributed by atoms with E-state index in [0.29, 0.717) is 29.4 Å². The largest absolute Gasteiger partial charge is 0.417 e. The smallest absolute Gasteiger partial charge is 0.372 e. The van der Waals surface area contributed by atoms with Crippen LogP contribution in [0, 0.1) is 0 Å². The number of carbonyl (C=O) groups is 1. The summed E-state index contributed by atoms with van der Waals surface area (Å²) in [5.41, 5.74) is 0.744. The van der Waals surface area contributed by atoms with Gasteiger partial charge < -0.3 is 14.6 Å². The van der Waals surface area contributed by atoms with Gasteiger partial charge in [0.1, 0.15) is 11.3 Å². The number of rotatable bonds is 4. The summed E-state index contributed by atoms with van der Waals surface area (Å²) < 4.78 is 47.6. The molecule has 1 amide bonds. The summed E-state index contributed by atoms with van der Waals surface area (Å²) >= 11 is 1.26. The number of hydrogen-bond donors (Lipinski definition) is 2. The van der Waals surface area contributed by atoms with Crippen molar-refractivity contribution in [1.82, 2.24) is 15.0 Å². The van der Waals surface area contributed by atoms with E-state index in [0.717, 1.165) is 6.07 Å². The maximum Gasteiger partial charge on any atom is 0.417 e. The highest BCUT2D eigenvalue weighted by Gasteiger charge is 2.35. The van der Waals surface area contributed by atoms with Gasteiger partial charge in [-0.25, -0.2) is 9.97 Å². The summed E-state index contributed by atoms with van der Waals surface area (Å²) in [5.74, 6) is -0.400. The average molecular weight is 502 g/mol. The van der Waals surface area contributed by atoms with Gasteiger partial charge in [-0.05, 0) is 44.2 Å². The fourth-order valence-electron chi connectivity index (χ4n) is 4.35. The molecule has 1 aliphatic rings. The van der Waals surface area contributed by atoms with Crippen LogP contribution < -0.4 is 10.2 Å². The lowest BCUT2D eigenvalue weighted by Crippen LogP contribution is -2.45. The van der Waals surface area contributed by atoms with Crippen LogP contribution in [0.25, 0.3) is 22.4 Å². The first-order valence-electron chi connectivity index (χ1n) is 11.0. The number of ether oxygens (including phenoxy) is 1. The SMILES string of the molecule is C[C@@H]1CN(c2ccc(C(F)(F)F)c(-c3nc4c(C(=O)Nc5nccs5)cccc4[nH]3)c2)C[C@H](C)O1. The third-order valence-electron chi connectivity index (χ3n) is 5.76. The van der Waals surface area contributed by atoms with Crippen molar-refractivity contribution in [3.05, 3.63) is 59.1 Å². The molecule has 0 aliphatic carbocycles. The van der Waals surface area contributed by atoms with Crippen LogP contribution in [0.15, 0.2) is 48.0 Å². The number of carbonyl (C=O) groups excluding carboxylic acids is 1. The molecule has 2 atom stereocenters. The summed E-state index contributed by atoms with van der Waals surface area (Å²) in [6.07, 6.45) is -3.11. The summed E-state index contributed by atoms with van der Waals surface area (Å²) in [5, 5.41) is 4.84. The number of H-pyrrole nitrogens is 1. The highest BCUT2D eigenvalue weighted by atomic mass is 32.1. The molecular weight excluding hydrogens is 479 g/mol. The second-order valence-corrected chi connectivity index (χ2v) is 9.36. The molecule has 0 bridgehead atoms. The molecule has 11 heteroatoms. The van der Waals surface area contributed by atoms with Gasteiger partial charge >= 0.3 is 6.18 Å². The van der Waals surface area contributed by atoms with Crippen LogP contribution >= 0.6 is 11.3 Å². The zero-order valence-electron chi connectivity index (χ0n) is 18.9. The first-order chi connectivity index (χ1) is 16.7. The molecule has 3 heterocycles. The third kappa shape index (κ3) is 4.73. The molecule has 35 heavy (non-hydrogen) atoms. The van der Waals surface area contributed by atoms with Gasteiger partial charge in [-0.1, -0.05) is 6.07 Å². The number of imidazole rings is 1. The number of hydrogen-bond acceptors (Lipinski definition) is 6. The fourth-order valence-corrected chi connectivity index (χ4v) is 4.88. The Hall–Kier alpha value is -3.44. The quantitative estimate of drug-likeness (QED) is 0.382. The van der Waals surface area contributed by atoms with Crippen molar-refractivity contribution in [3.63, 3.8) is 0 Å². The molecule has 7 nitrogen and oxygen atoms in total. The van der Waals surface area contributed by atoms with E-state index in [4.69, 9.17) is 4.74 Å². The van der Waals surface area contributed by atoms with E-state index in [1.165, 1.54) is 23.5 Å². The number of fused-ring (bicyclic) bond motifs is 1. The molecular formula is C24H22F3N5O2S. The van der Waals surface area contributed by atoms with Gasteiger partial charge in [0.25, 0.3) is 5.91 Å². The molecule has 1 fully saturated rings. The van der Waals surface area contributed by atoms with Gasteiger partial charge in [-0.15, -0.1) is 11.3 Å². The van der Waals surface area contributed by atoms with Crippen LogP contribution in [0.2, 0.25) is 0 Å². The molecule has 2 N–H and O–H groups in total. The van der Waals surface area contributed by atoms with Crippen molar-refractivity contribution in [2.24, 2.45) is 0 Å². The molecule has 5 rings (SSSR count). The number of aromatic nitrogens is 3. The Balaban J connectivity index is 1.58. The molecule has 182 valence electrons. The summed E-state index contributed by atoms with van der Waals surface area (Å²) in [4.78, 5) is 26.3. The average Bonchev–Trinajstić information content (AvgIpc) is 3.47. The number of nitrogens with zero attached hydrogens (tertiary/aromatic N) is 3. The Morgan fingerprint density at radius 3 is 2.66 bits per heavy atom. The second kappa shape index (κ2) is 8.97. The van der Waals surface area contributed by atoms with Crippen LogP contribution in [-0.4, -0.2) is 46.2 Å². The summed E-state index contributed by atoms with van der Waals surface area (Å²) in [7, 11) is 0. The van der Waals surface area contributed by atoms with Crippen molar-refractivity contribution in [2.75, 3.05) is 23.3 Å². The second-order valence-electron chi connectivity index (χ2n) is 8.47. The zero-order chi connectivity index (χ0) is 24.7. The number of thiazole rings is 1. The van der Waals surface area contributed by atoms with E-state index < -0.39 is 17.6 Å². The molecule has 0 radical (unpaired) electrons. The standard InChI is InChI=1S/C24H22F3N5O2S/c1-13-11-32(12-14(2)34-13)15-6-7-18(24(25,26)27)17(10-15)21-29-19-5-3-4-16(20(19)30-21)22(33)31-23-28-8-9-35-23/h3-10,13-14H,11-12H2,1-2H3,(H,29,30)(H,28,31,33)/t13-,14+. The Labute approximate surface area is 203 Å². The maximum absolute atomic E-state index is 14.0. The van der Waals surface area contributed by atoms with E-state index in [9.17, 15) is 18.0 Å². The van der Waals surface area contributed by atoms with Gasteiger partial charge in [-0.2, -0.15) is 13.2 Å². The number of para-hydroxylation sites is 1. The van der Waals surface area contributed by atoms with Gasteiger partial charge in [0.05, 0.1) is 28.9 Å². The molecule has 4 aromatic rings. The van der Waals surface area contributed by atoms with Crippen LogP contribution in [0.5, 0.6) is 0 Å². The molecule has 0 unspecified atom stereocenters. The van der Waals surface area contributed by atoms with Crippen molar-refractivity contribution in [3.8, 4) is 11.4 Å². The first-order valence-corrected chi connectivity index (χ1v) is 11.9. The van der Waals surface area contributed by atoms with Crippen LogP contribution in [-0.2, 0) is 10.9 Å². The number of halogens is 3. The lowest BCUT2D eigenvalue weighted by atomic mass is 10.0. The first kappa shape index (κ1) is 23.3. The summed E-state index contributed by atoms with van der Waals surface area (Å²) in [6, 6.07) is 8.96. The Bertz CT molecular complexity index is 1360. The van der Waals surface area contributed by atoms with Crippen LogP contribution in [0.4, 0.5) is 24.0 Å². The number of aromatic amines is 1. The van der Waals surface area contributed by atoms with E-state index in [1.807, 2.05) is 18.7 Å². The molecule has 0 spiro atoms. The minimum atomic E-state index is -4.58. The van der Waals surface area contributed by atoms with Crippen LogP contribution in [0.3, 0.4) is 0 Å². The Morgan fingerprint density at radius 2 is 1.97 bits per heavy atom. The maximum atomic E-state index is 14.0. The number of nitrogens with one attached hydrogen (secondary N) is 2. The number of amides is 1. The fraction of sp³-hybridized carbons (Fsp3) is 0.292.